The molecule has 0 aliphatic heterocycles. The minimum atomic E-state index is -0.242. The number of hydrogen-bond donors (Lipinski definition) is 1. The van der Waals surface area contributed by atoms with E-state index < -0.39 is 0 Å². The van der Waals surface area contributed by atoms with Crippen LogP contribution in [0.2, 0.25) is 5.02 Å². The van der Waals surface area contributed by atoms with E-state index >= 15 is 0 Å². The first-order chi connectivity index (χ1) is 13.3. The summed E-state index contributed by atoms with van der Waals surface area (Å²) in [4.78, 5) is 25.6. The molecule has 142 valence electrons. The summed E-state index contributed by atoms with van der Waals surface area (Å²) in [6.45, 7) is 4.01. The van der Waals surface area contributed by atoms with Crippen molar-refractivity contribution in [2.75, 3.05) is 5.32 Å². The molecule has 0 saturated heterocycles. The van der Waals surface area contributed by atoms with Gasteiger partial charge in [0.25, 0.3) is 0 Å². The Morgan fingerprint density at radius 3 is 2.43 bits per heavy atom. The van der Waals surface area contributed by atoms with Gasteiger partial charge in [0.1, 0.15) is 0 Å². The van der Waals surface area contributed by atoms with Crippen LogP contribution in [0.3, 0.4) is 0 Å². The van der Waals surface area contributed by atoms with Gasteiger partial charge in [0.15, 0.2) is 5.78 Å². The number of hydrogen-bond acceptors (Lipinski definition) is 2. The number of anilines is 1. The lowest BCUT2D eigenvalue weighted by atomic mass is 10.0. The van der Waals surface area contributed by atoms with E-state index in [0.717, 1.165) is 21.2 Å². The average Bonchev–Trinajstić information content (AvgIpc) is 2.65. The first-order valence-corrected chi connectivity index (χ1v) is 9.97. The monoisotopic (exact) mass is 455 g/mol. The molecule has 0 atom stereocenters. The Morgan fingerprint density at radius 2 is 1.71 bits per heavy atom. The standard InChI is InChI=1S/C23H19BrClNO2/c1-14-7-8-16(15(2)11-14)12-22(27)26-21-10-9-17(24)13-19(21)23(28)18-5-3-4-6-20(18)25/h3-11,13H,12H2,1-2H3,(H,26,27). The van der Waals surface area contributed by atoms with Crippen molar-refractivity contribution >= 4 is 44.9 Å². The van der Waals surface area contributed by atoms with E-state index in [0.29, 0.717) is 21.8 Å². The van der Waals surface area contributed by atoms with Gasteiger partial charge in [-0.2, -0.15) is 0 Å². The summed E-state index contributed by atoms with van der Waals surface area (Å²) in [5.74, 6) is -0.420. The third-order valence-electron chi connectivity index (χ3n) is 4.47. The Morgan fingerprint density at radius 1 is 0.964 bits per heavy atom. The van der Waals surface area contributed by atoms with Crippen molar-refractivity contribution in [3.63, 3.8) is 0 Å². The van der Waals surface area contributed by atoms with Crippen LogP contribution in [0.25, 0.3) is 0 Å². The highest BCUT2D eigenvalue weighted by atomic mass is 79.9. The molecule has 5 heteroatoms. The lowest BCUT2D eigenvalue weighted by Crippen LogP contribution is -2.17. The largest absolute Gasteiger partial charge is 0.325 e. The third kappa shape index (κ3) is 4.70. The van der Waals surface area contributed by atoms with Crippen LogP contribution in [0.1, 0.15) is 32.6 Å². The van der Waals surface area contributed by atoms with Crippen LogP contribution in [0.5, 0.6) is 0 Å². The van der Waals surface area contributed by atoms with Gasteiger partial charge in [-0.3, -0.25) is 9.59 Å². The van der Waals surface area contributed by atoms with Gasteiger partial charge in [-0.15, -0.1) is 0 Å². The first-order valence-electron chi connectivity index (χ1n) is 8.80. The van der Waals surface area contributed by atoms with E-state index in [2.05, 4.69) is 27.3 Å². The van der Waals surface area contributed by atoms with Gasteiger partial charge in [0.05, 0.1) is 17.1 Å². The van der Waals surface area contributed by atoms with Crippen LogP contribution >= 0.6 is 27.5 Å². The van der Waals surface area contributed by atoms with Crippen molar-refractivity contribution in [1.29, 1.82) is 0 Å². The fourth-order valence-corrected chi connectivity index (χ4v) is 3.60. The van der Waals surface area contributed by atoms with Crippen LogP contribution in [0.4, 0.5) is 5.69 Å². The molecular weight excluding hydrogens is 438 g/mol. The molecule has 0 saturated carbocycles. The number of rotatable bonds is 5. The minimum absolute atomic E-state index is 0.178. The summed E-state index contributed by atoms with van der Waals surface area (Å²) < 4.78 is 0.746. The molecule has 0 spiro atoms. The molecule has 0 unspecified atom stereocenters. The number of aryl methyl sites for hydroxylation is 2. The van der Waals surface area contributed by atoms with E-state index in [9.17, 15) is 9.59 Å². The van der Waals surface area contributed by atoms with Gasteiger partial charge in [-0.1, -0.05) is 63.4 Å². The summed E-state index contributed by atoms with van der Waals surface area (Å²) in [7, 11) is 0. The van der Waals surface area contributed by atoms with Crippen LogP contribution in [0, 0.1) is 13.8 Å². The smallest absolute Gasteiger partial charge is 0.228 e. The normalized spacial score (nSPS) is 10.6. The topological polar surface area (TPSA) is 46.2 Å². The van der Waals surface area contributed by atoms with Crippen molar-refractivity contribution in [2.45, 2.75) is 20.3 Å². The van der Waals surface area contributed by atoms with Crippen molar-refractivity contribution in [3.8, 4) is 0 Å². The van der Waals surface area contributed by atoms with Crippen molar-refractivity contribution in [3.05, 3.63) is 98.0 Å². The number of ketones is 1. The lowest BCUT2D eigenvalue weighted by molar-refractivity contribution is -0.115. The predicted octanol–water partition coefficient (Wildman–Crippen LogP) is 6.13. The van der Waals surface area contributed by atoms with Crippen LogP contribution in [0.15, 0.2) is 65.1 Å². The molecule has 1 N–H and O–H groups in total. The maximum Gasteiger partial charge on any atom is 0.228 e. The van der Waals surface area contributed by atoms with E-state index in [1.807, 2.05) is 26.0 Å². The molecule has 0 fully saturated rings. The Balaban J connectivity index is 1.87. The number of nitrogens with one attached hydrogen (secondary N) is 1. The first kappa shape index (κ1) is 20.3. The van der Waals surface area contributed by atoms with Crippen LogP contribution < -0.4 is 5.32 Å². The molecule has 0 heterocycles. The minimum Gasteiger partial charge on any atom is -0.325 e. The number of carbonyl (C=O) groups is 2. The summed E-state index contributed by atoms with van der Waals surface area (Å²) in [6.07, 6.45) is 0.238. The fourth-order valence-electron chi connectivity index (χ4n) is 3.02. The highest BCUT2D eigenvalue weighted by Gasteiger charge is 2.18. The second-order valence-corrected chi connectivity index (χ2v) is 7.98. The maximum absolute atomic E-state index is 13.0. The Kier molecular flexibility index (Phi) is 6.32. The van der Waals surface area contributed by atoms with E-state index in [-0.39, 0.29) is 18.1 Å². The molecule has 3 aromatic rings. The highest BCUT2D eigenvalue weighted by molar-refractivity contribution is 9.10. The van der Waals surface area contributed by atoms with E-state index in [1.165, 1.54) is 0 Å². The average molecular weight is 457 g/mol. The zero-order valence-corrected chi connectivity index (χ0v) is 17.9. The van der Waals surface area contributed by atoms with Gasteiger partial charge < -0.3 is 5.32 Å². The number of carbonyl (C=O) groups excluding carboxylic acids is 2. The molecule has 0 radical (unpaired) electrons. The highest BCUT2D eigenvalue weighted by Crippen LogP contribution is 2.27. The second kappa shape index (κ2) is 8.72. The third-order valence-corrected chi connectivity index (χ3v) is 5.29. The molecule has 0 aromatic heterocycles. The van der Waals surface area contributed by atoms with Gasteiger partial charge in [-0.25, -0.2) is 0 Å². The van der Waals surface area contributed by atoms with Crippen LogP contribution in [-0.2, 0) is 11.2 Å². The quantitative estimate of drug-likeness (QED) is 0.469. The van der Waals surface area contributed by atoms with E-state index in [4.69, 9.17) is 11.6 Å². The molecule has 0 aliphatic rings. The molecule has 0 bridgehead atoms. The Labute approximate surface area is 177 Å². The van der Waals surface area contributed by atoms with E-state index in [1.54, 1.807) is 42.5 Å². The zero-order chi connectivity index (χ0) is 20.3. The molecule has 3 nitrogen and oxygen atoms in total. The van der Waals surface area contributed by atoms with Crippen molar-refractivity contribution in [1.82, 2.24) is 0 Å². The molecule has 28 heavy (non-hydrogen) atoms. The Hall–Kier alpha value is -2.43. The summed E-state index contributed by atoms with van der Waals surface area (Å²) in [6, 6.07) is 18.1. The van der Waals surface area contributed by atoms with Gasteiger partial charge in [0, 0.05) is 15.6 Å². The zero-order valence-electron chi connectivity index (χ0n) is 15.6. The van der Waals surface area contributed by atoms with Gasteiger partial charge >= 0.3 is 0 Å². The van der Waals surface area contributed by atoms with Crippen LogP contribution in [-0.4, -0.2) is 11.7 Å². The predicted molar refractivity (Wildman–Crippen MR) is 117 cm³/mol. The molecule has 1 amide bonds. The molecular formula is C23H19BrClNO2. The van der Waals surface area contributed by atoms with Gasteiger partial charge in [-0.05, 0) is 55.3 Å². The number of amides is 1. The summed E-state index contributed by atoms with van der Waals surface area (Å²) in [5.41, 5.74) is 4.42. The molecule has 3 aromatic carbocycles. The number of halogens is 2. The van der Waals surface area contributed by atoms with Gasteiger partial charge in [0.2, 0.25) is 5.91 Å². The van der Waals surface area contributed by atoms with Crippen molar-refractivity contribution in [2.24, 2.45) is 0 Å². The fraction of sp³-hybridized carbons (Fsp3) is 0.130. The number of benzene rings is 3. The lowest BCUT2D eigenvalue weighted by Gasteiger charge is -2.13. The van der Waals surface area contributed by atoms with Crippen molar-refractivity contribution < 1.29 is 9.59 Å². The summed E-state index contributed by atoms with van der Waals surface area (Å²) >= 11 is 9.58. The summed E-state index contributed by atoms with van der Waals surface area (Å²) in [5, 5.41) is 3.25. The SMILES string of the molecule is Cc1ccc(CC(=O)Nc2ccc(Br)cc2C(=O)c2ccccc2Cl)c(C)c1. The molecule has 3 rings (SSSR count). The molecule has 0 aliphatic carbocycles. The second-order valence-electron chi connectivity index (χ2n) is 6.65. The maximum atomic E-state index is 13.0. The Bertz CT molecular complexity index is 1060.